The summed E-state index contributed by atoms with van der Waals surface area (Å²) in [6.45, 7) is 5.47. The van der Waals surface area contributed by atoms with Crippen molar-refractivity contribution in [3.05, 3.63) is 32.9 Å². The standard InChI is InChI=1S/C14H14ClN3O3/c1-4-14(7(3)17-13(20)18-14)9-5-8-6(2)16-12(19)10(15)11(8)21-9/h5H,4H2,1-3H3,(H,16,19)(H,18,20). The molecule has 1 atom stereocenters. The predicted octanol–water partition coefficient (Wildman–Crippen LogP) is 2.87. The number of nitrogens with zero attached hydrogens (tertiary/aromatic N) is 1. The van der Waals surface area contributed by atoms with E-state index in [0.29, 0.717) is 29.2 Å². The number of aryl methyl sites for hydroxylation is 1. The van der Waals surface area contributed by atoms with E-state index < -0.39 is 17.1 Å². The molecule has 0 spiro atoms. The molecule has 7 heteroatoms. The van der Waals surface area contributed by atoms with Gasteiger partial charge in [0.15, 0.2) is 5.58 Å². The number of fused-ring (bicyclic) bond motifs is 1. The highest BCUT2D eigenvalue weighted by atomic mass is 35.5. The lowest BCUT2D eigenvalue weighted by molar-refractivity contribution is 0.242. The highest BCUT2D eigenvalue weighted by molar-refractivity contribution is 6.34. The van der Waals surface area contributed by atoms with E-state index in [1.807, 2.05) is 6.92 Å². The molecule has 110 valence electrons. The molecule has 0 saturated heterocycles. The van der Waals surface area contributed by atoms with Gasteiger partial charge in [-0.25, -0.2) is 9.79 Å². The van der Waals surface area contributed by atoms with Crippen LogP contribution in [0.2, 0.25) is 5.02 Å². The van der Waals surface area contributed by atoms with E-state index in [9.17, 15) is 9.59 Å². The first-order chi connectivity index (χ1) is 9.89. The first kappa shape index (κ1) is 13.9. The van der Waals surface area contributed by atoms with Crippen molar-refractivity contribution in [2.24, 2.45) is 4.99 Å². The summed E-state index contributed by atoms with van der Waals surface area (Å²) in [5.74, 6) is 0.524. The first-order valence-corrected chi connectivity index (χ1v) is 6.97. The summed E-state index contributed by atoms with van der Waals surface area (Å²) in [5.41, 5.74) is 0.451. The first-order valence-electron chi connectivity index (χ1n) is 6.59. The molecule has 0 aliphatic carbocycles. The van der Waals surface area contributed by atoms with Crippen molar-refractivity contribution in [1.82, 2.24) is 10.3 Å². The Balaban J connectivity index is 2.29. The fraction of sp³-hybridized carbons (Fsp3) is 0.357. The number of H-pyrrole nitrogens is 1. The van der Waals surface area contributed by atoms with Crippen LogP contribution in [0.25, 0.3) is 11.0 Å². The van der Waals surface area contributed by atoms with Crippen LogP contribution in [0.15, 0.2) is 20.3 Å². The zero-order valence-corrected chi connectivity index (χ0v) is 12.6. The highest BCUT2D eigenvalue weighted by Gasteiger charge is 2.43. The molecule has 2 amide bonds. The molecule has 2 aromatic rings. The average Bonchev–Trinajstić information content (AvgIpc) is 2.98. The fourth-order valence-corrected chi connectivity index (χ4v) is 2.93. The fourth-order valence-electron chi connectivity index (χ4n) is 2.75. The van der Waals surface area contributed by atoms with E-state index in [1.54, 1.807) is 19.9 Å². The number of carbonyl (C=O) groups excluding carboxylic acids is 1. The van der Waals surface area contributed by atoms with Crippen LogP contribution in [0, 0.1) is 6.92 Å². The van der Waals surface area contributed by atoms with Gasteiger partial charge in [0.1, 0.15) is 16.3 Å². The number of hydrogen-bond acceptors (Lipinski definition) is 3. The number of furan rings is 1. The van der Waals surface area contributed by atoms with E-state index >= 15 is 0 Å². The van der Waals surface area contributed by atoms with Gasteiger partial charge in [-0.2, -0.15) is 0 Å². The van der Waals surface area contributed by atoms with Crippen molar-refractivity contribution < 1.29 is 9.21 Å². The Hall–Kier alpha value is -2.08. The Bertz CT molecular complexity index is 849. The number of amides is 2. The number of aliphatic imine (C=N–C) groups is 1. The van der Waals surface area contributed by atoms with E-state index in [4.69, 9.17) is 16.0 Å². The maximum absolute atomic E-state index is 11.7. The summed E-state index contributed by atoms with van der Waals surface area (Å²) in [7, 11) is 0. The summed E-state index contributed by atoms with van der Waals surface area (Å²) in [5, 5.41) is 3.56. The second-order valence-electron chi connectivity index (χ2n) is 5.13. The smallest absolute Gasteiger partial charge is 0.342 e. The molecule has 3 heterocycles. The molecule has 2 aromatic heterocycles. The largest absolute Gasteiger partial charge is 0.456 e. The molecule has 0 radical (unpaired) electrons. The minimum Gasteiger partial charge on any atom is -0.456 e. The van der Waals surface area contributed by atoms with Crippen molar-refractivity contribution in [2.45, 2.75) is 32.7 Å². The lowest BCUT2D eigenvalue weighted by Gasteiger charge is -2.25. The van der Waals surface area contributed by atoms with Gasteiger partial charge in [0, 0.05) is 11.1 Å². The zero-order valence-electron chi connectivity index (χ0n) is 11.8. The lowest BCUT2D eigenvalue weighted by Crippen LogP contribution is -2.43. The van der Waals surface area contributed by atoms with Gasteiger partial charge in [-0.05, 0) is 26.3 Å². The minimum absolute atomic E-state index is 0.00650. The number of urea groups is 1. The van der Waals surface area contributed by atoms with Crippen LogP contribution in [0.5, 0.6) is 0 Å². The van der Waals surface area contributed by atoms with E-state index in [-0.39, 0.29) is 5.02 Å². The van der Waals surface area contributed by atoms with E-state index in [1.165, 1.54) is 0 Å². The van der Waals surface area contributed by atoms with Crippen molar-refractivity contribution in [1.29, 1.82) is 0 Å². The van der Waals surface area contributed by atoms with Gasteiger partial charge in [0.2, 0.25) is 0 Å². The molecule has 0 aromatic carbocycles. The average molecular weight is 308 g/mol. The molecule has 21 heavy (non-hydrogen) atoms. The summed E-state index contributed by atoms with van der Waals surface area (Å²) < 4.78 is 5.81. The zero-order chi connectivity index (χ0) is 15.4. The SMILES string of the molecule is CCC1(c2cc3c(C)[nH]c(=O)c(Cl)c3o2)NC(=O)N=C1C. The Morgan fingerprint density at radius 3 is 2.67 bits per heavy atom. The van der Waals surface area contributed by atoms with Gasteiger partial charge < -0.3 is 14.7 Å². The van der Waals surface area contributed by atoms with Crippen LogP contribution < -0.4 is 10.9 Å². The number of nitrogens with one attached hydrogen (secondary N) is 2. The third-order valence-corrected chi connectivity index (χ3v) is 4.34. The number of aromatic nitrogens is 1. The molecule has 2 N–H and O–H groups in total. The molecule has 3 rings (SSSR count). The maximum Gasteiger partial charge on any atom is 0.342 e. The van der Waals surface area contributed by atoms with Crippen LogP contribution in [0.1, 0.15) is 31.7 Å². The van der Waals surface area contributed by atoms with Crippen molar-refractivity contribution in [3.63, 3.8) is 0 Å². The van der Waals surface area contributed by atoms with Crippen LogP contribution in [-0.4, -0.2) is 16.7 Å². The number of pyridine rings is 1. The van der Waals surface area contributed by atoms with E-state index in [2.05, 4.69) is 15.3 Å². The number of halogens is 1. The Kier molecular flexibility index (Phi) is 2.95. The van der Waals surface area contributed by atoms with Crippen molar-refractivity contribution >= 4 is 34.3 Å². The molecule has 1 aliphatic heterocycles. The lowest BCUT2D eigenvalue weighted by atomic mass is 9.89. The molecule has 0 saturated carbocycles. The number of rotatable bonds is 2. The van der Waals surface area contributed by atoms with Crippen LogP contribution in [0.4, 0.5) is 4.79 Å². The third kappa shape index (κ3) is 1.82. The molecular weight excluding hydrogens is 294 g/mol. The monoisotopic (exact) mass is 307 g/mol. The third-order valence-electron chi connectivity index (χ3n) is 3.99. The number of aromatic amines is 1. The minimum atomic E-state index is -0.783. The number of hydrogen-bond donors (Lipinski definition) is 2. The Morgan fingerprint density at radius 2 is 2.10 bits per heavy atom. The normalized spacial score (nSPS) is 21.7. The van der Waals surface area contributed by atoms with Gasteiger partial charge in [-0.1, -0.05) is 18.5 Å². The summed E-state index contributed by atoms with van der Waals surface area (Å²) in [6, 6.07) is 1.40. The molecular formula is C14H14ClN3O3. The molecule has 6 nitrogen and oxygen atoms in total. The summed E-state index contributed by atoms with van der Waals surface area (Å²) >= 11 is 6.02. The quantitative estimate of drug-likeness (QED) is 0.894. The molecule has 0 fully saturated rings. The van der Waals surface area contributed by atoms with E-state index in [0.717, 1.165) is 5.39 Å². The Morgan fingerprint density at radius 1 is 1.38 bits per heavy atom. The van der Waals surface area contributed by atoms with Gasteiger partial charge >= 0.3 is 6.03 Å². The van der Waals surface area contributed by atoms with Crippen LogP contribution >= 0.6 is 11.6 Å². The van der Waals surface area contributed by atoms with Crippen molar-refractivity contribution in [2.75, 3.05) is 0 Å². The van der Waals surface area contributed by atoms with Crippen LogP contribution in [0.3, 0.4) is 0 Å². The highest BCUT2D eigenvalue weighted by Crippen LogP contribution is 2.36. The topological polar surface area (TPSA) is 87.5 Å². The maximum atomic E-state index is 11.7. The predicted molar refractivity (Wildman–Crippen MR) is 80.2 cm³/mol. The second-order valence-corrected chi connectivity index (χ2v) is 5.51. The molecule has 1 unspecified atom stereocenters. The van der Waals surface area contributed by atoms with Crippen LogP contribution in [-0.2, 0) is 5.54 Å². The Labute approximate surface area is 125 Å². The van der Waals surface area contributed by atoms with Gasteiger partial charge in [0.25, 0.3) is 5.56 Å². The molecule has 0 bridgehead atoms. The second kappa shape index (κ2) is 4.46. The van der Waals surface area contributed by atoms with Gasteiger partial charge in [-0.15, -0.1) is 0 Å². The summed E-state index contributed by atoms with van der Waals surface area (Å²) in [6.07, 6.45) is 0.582. The van der Waals surface area contributed by atoms with Gasteiger partial charge in [0.05, 0.1) is 5.71 Å². The van der Waals surface area contributed by atoms with Crippen molar-refractivity contribution in [3.8, 4) is 0 Å². The number of carbonyl (C=O) groups is 1. The summed E-state index contributed by atoms with van der Waals surface area (Å²) in [4.78, 5) is 29.9. The molecule has 1 aliphatic rings. The van der Waals surface area contributed by atoms with Gasteiger partial charge in [-0.3, -0.25) is 4.79 Å².